The molecule has 0 atom stereocenters. The van der Waals surface area contributed by atoms with E-state index < -0.39 is 17.2 Å². The second-order valence-electron chi connectivity index (χ2n) is 35.1. The molecule has 0 aromatic carbocycles. The minimum atomic E-state index is -1.21. The van der Waals surface area contributed by atoms with E-state index in [1.807, 2.05) is 0 Å². The molecule has 0 rings (SSSR count). The maximum absolute atomic E-state index is 6.22. The third-order valence-corrected chi connectivity index (χ3v) is 25.5. The van der Waals surface area contributed by atoms with E-state index in [0.29, 0.717) is 0 Å². The van der Waals surface area contributed by atoms with Crippen molar-refractivity contribution in [2.45, 2.75) is 581 Å². The Morgan fingerprint density at radius 1 is 0.112 bits per heavy atom. The second-order valence-corrected chi connectivity index (χ2v) is 37.5. The molecule has 0 fully saturated rings. The largest absolute Gasteiger partial charge is 0.332 e. The molecule has 0 radical (unpaired) electrons. The first kappa shape index (κ1) is 117. The van der Waals surface area contributed by atoms with Crippen molar-refractivity contribution in [3.63, 3.8) is 0 Å². The highest BCUT2D eigenvalue weighted by molar-refractivity contribution is 7.41. The summed E-state index contributed by atoms with van der Waals surface area (Å²) < 4.78 is 37.3. The predicted molar refractivity (Wildman–Crippen MR) is 526 cm³/mol. The zero-order valence-corrected chi connectivity index (χ0v) is 81.7. The summed E-state index contributed by atoms with van der Waals surface area (Å²) in [6, 6.07) is 0. The number of allylic oxidation sites excluding steroid dienone is 12. The van der Waals surface area contributed by atoms with E-state index in [-0.39, 0.29) is 0 Å². The Labute approximate surface area is 733 Å². The van der Waals surface area contributed by atoms with Crippen LogP contribution >= 0.6 is 17.2 Å². The van der Waals surface area contributed by atoms with Crippen molar-refractivity contribution < 1.29 is 27.1 Å². The minimum absolute atomic E-state index is 0.772. The van der Waals surface area contributed by atoms with Gasteiger partial charge in [0.25, 0.3) is 0 Å². The molecule has 116 heavy (non-hydrogen) atoms. The van der Waals surface area contributed by atoms with Gasteiger partial charge in [0, 0.05) is 0 Å². The lowest BCUT2D eigenvalue weighted by Gasteiger charge is -2.17. The summed E-state index contributed by atoms with van der Waals surface area (Å²) >= 11 is 0. The van der Waals surface area contributed by atoms with Crippen molar-refractivity contribution in [3.8, 4) is 0 Å². The Kier molecular flexibility index (Phi) is 115. The van der Waals surface area contributed by atoms with Crippen LogP contribution in [0.25, 0.3) is 0 Å². The van der Waals surface area contributed by atoms with Gasteiger partial charge in [-0.25, -0.2) is 0 Å². The highest BCUT2D eigenvalue weighted by Gasteiger charge is 2.15. The standard InChI is InChI=1S/2C54H105O3P/c2*1-4-7-10-13-16-19-22-25-28-31-34-37-40-43-46-49-52-55-58(56-53-50-47-44-41-38-35-32-29-26-23-20-17-14-11-8-5-2)57-54-51-48-45-42-39-36-33-30-27-24-21-18-15-12-9-6-3/h2*25-30H,4-24,31-54H2,1-3H3/b2*28-25-,29-26-,30-27-. The van der Waals surface area contributed by atoms with Crippen molar-refractivity contribution in [2.75, 3.05) is 39.6 Å². The van der Waals surface area contributed by atoms with Gasteiger partial charge in [-0.05, 0) is 193 Å². The lowest BCUT2D eigenvalue weighted by Crippen LogP contribution is -2.00. The van der Waals surface area contributed by atoms with Crippen LogP contribution in [-0.2, 0) is 27.1 Å². The van der Waals surface area contributed by atoms with E-state index in [1.54, 1.807) is 0 Å². The zero-order chi connectivity index (χ0) is 83.5. The molecule has 0 heterocycles. The van der Waals surface area contributed by atoms with Gasteiger partial charge in [0.1, 0.15) is 0 Å². The Bertz CT molecular complexity index is 1540. The summed E-state index contributed by atoms with van der Waals surface area (Å²) in [5, 5.41) is 0. The maximum atomic E-state index is 6.22. The predicted octanol–water partition coefficient (Wildman–Crippen LogP) is 40.8. The van der Waals surface area contributed by atoms with E-state index in [1.165, 1.54) is 501 Å². The van der Waals surface area contributed by atoms with Gasteiger partial charge >= 0.3 is 17.2 Å². The van der Waals surface area contributed by atoms with Crippen molar-refractivity contribution >= 4 is 17.2 Å². The lowest BCUT2D eigenvalue weighted by atomic mass is 10.1. The minimum Gasteiger partial charge on any atom is -0.312 e. The van der Waals surface area contributed by atoms with Crippen LogP contribution in [0.2, 0.25) is 0 Å². The third-order valence-electron chi connectivity index (χ3n) is 23.1. The normalized spacial score (nSPS) is 12.2. The van der Waals surface area contributed by atoms with Gasteiger partial charge in [0.15, 0.2) is 0 Å². The fraction of sp³-hybridized carbons (Fsp3) is 0.889. The highest BCUT2D eigenvalue weighted by Crippen LogP contribution is 2.42. The van der Waals surface area contributed by atoms with Gasteiger partial charge in [-0.1, -0.05) is 461 Å². The van der Waals surface area contributed by atoms with E-state index in [2.05, 4.69) is 114 Å². The smallest absolute Gasteiger partial charge is 0.312 e. The molecule has 6 nitrogen and oxygen atoms in total. The first-order valence-electron chi connectivity index (χ1n) is 53.0. The third kappa shape index (κ3) is 111. The Morgan fingerprint density at radius 2 is 0.198 bits per heavy atom. The molecule has 0 spiro atoms. The molecule has 0 amide bonds. The van der Waals surface area contributed by atoms with Crippen LogP contribution in [-0.4, -0.2) is 39.6 Å². The molecule has 0 aromatic heterocycles. The summed E-state index contributed by atoms with van der Waals surface area (Å²) in [6.07, 6.45) is 141. The van der Waals surface area contributed by atoms with Crippen LogP contribution < -0.4 is 0 Å². The van der Waals surface area contributed by atoms with Gasteiger partial charge in [-0.2, -0.15) is 0 Å². The summed E-state index contributed by atoms with van der Waals surface area (Å²) in [4.78, 5) is 0. The van der Waals surface area contributed by atoms with Gasteiger partial charge in [-0.15, -0.1) is 0 Å². The van der Waals surface area contributed by atoms with Gasteiger partial charge in [0.2, 0.25) is 0 Å². The molecular weight excluding hydrogens is 1460 g/mol. The topological polar surface area (TPSA) is 55.4 Å². The number of unbranched alkanes of at least 4 members (excludes halogenated alkanes) is 72. The molecule has 0 aliphatic carbocycles. The molecule has 8 heteroatoms. The van der Waals surface area contributed by atoms with Crippen molar-refractivity contribution in [2.24, 2.45) is 0 Å². The molecule has 0 aliphatic heterocycles. The number of hydrogen-bond donors (Lipinski definition) is 0. The van der Waals surface area contributed by atoms with Crippen molar-refractivity contribution in [3.05, 3.63) is 72.9 Å². The highest BCUT2D eigenvalue weighted by atomic mass is 31.2. The molecule has 0 aromatic rings. The summed E-state index contributed by atoms with van der Waals surface area (Å²) in [7, 11) is -2.43. The van der Waals surface area contributed by atoms with Crippen molar-refractivity contribution in [1.29, 1.82) is 0 Å². The average molecular weight is 1670 g/mol. The Balaban J connectivity index is 0. The second kappa shape index (κ2) is 114. The van der Waals surface area contributed by atoms with Crippen LogP contribution in [0.4, 0.5) is 0 Å². The summed E-state index contributed by atoms with van der Waals surface area (Å²) in [5.74, 6) is 0. The quantitative estimate of drug-likeness (QED) is 0.0344. The number of hydrogen-bond acceptors (Lipinski definition) is 6. The monoisotopic (exact) mass is 1670 g/mol. The van der Waals surface area contributed by atoms with Crippen molar-refractivity contribution in [1.82, 2.24) is 0 Å². The Hall–Kier alpha value is -0.940. The van der Waals surface area contributed by atoms with Crippen LogP contribution in [0.15, 0.2) is 72.9 Å². The zero-order valence-electron chi connectivity index (χ0n) is 79.9. The molecule has 0 bridgehead atoms. The van der Waals surface area contributed by atoms with Crippen LogP contribution in [0.1, 0.15) is 581 Å². The van der Waals surface area contributed by atoms with Gasteiger partial charge in [-0.3, -0.25) is 0 Å². The first-order chi connectivity index (χ1) is 57.7. The average Bonchev–Trinajstić information content (AvgIpc) is 1.00. The molecule has 0 saturated heterocycles. The van der Waals surface area contributed by atoms with Crippen LogP contribution in [0.3, 0.4) is 0 Å². The van der Waals surface area contributed by atoms with E-state index in [9.17, 15) is 0 Å². The summed E-state index contributed by atoms with van der Waals surface area (Å²) in [5.41, 5.74) is 0. The van der Waals surface area contributed by atoms with E-state index in [0.717, 1.165) is 78.2 Å². The van der Waals surface area contributed by atoms with Gasteiger partial charge in [0.05, 0.1) is 39.6 Å². The number of rotatable bonds is 102. The molecular formula is C108H210O6P2. The SMILES string of the molecule is CCCCCCCC/C=C\CCCCCCCCOP(OCCCCCCCC/C=C\CCCCCCCC)OCCCCCCCC/C=C\CCCCCCCC.CCCCCCCC/C=C\CCCCCCCCOP(OCCCCCCCC/C=C\CCCCCCCC)OCCCCCCCC/C=C\CCCCCCCC. The molecule has 0 aliphatic rings. The molecule has 0 N–H and O–H groups in total. The van der Waals surface area contributed by atoms with Crippen LogP contribution in [0.5, 0.6) is 0 Å². The van der Waals surface area contributed by atoms with Gasteiger partial charge < -0.3 is 27.1 Å². The molecule has 0 unspecified atom stereocenters. The first-order valence-corrected chi connectivity index (χ1v) is 55.2. The van der Waals surface area contributed by atoms with E-state index >= 15 is 0 Å². The fourth-order valence-electron chi connectivity index (χ4n) is 15.2. The maximum Gasteiger partial charge on any atom is 0.332 e. The van der Waals surface area contributed by atoms with E-state index in [4.69, 9.17) is 27.1 Å². The van der Waals surface area contributed by atoms with Crippen LogP contribution in [0, 0.1) is 0 Å². The summed E-state index contributed by atoms with van der Waals surface area (Å²) in [6.45, 7) is 18.4. The lowest BCUT2D eigenvalue weighted by molar-refractivity contribution is 0.153. The molecule has 688 valence electrons. The fourth-order valence-corrected chi connectivity index (χ4v) is 17.3. The Morgan fingerprint density at radius 3 is 0.302 bits per heavy atom. The molecule has 0 saturated carbocycles.